The number of methoxy groups -OCH3 is 2. The second kappa shape index (κ2) is 8.18. The number of nitrogens with zero attached hydrogens (tertiary/aromatic N) is 2. The lowest BCUT2D eigenvalue weighted by atomic mass is 9.95. The highest BCUT2D eigenvalue weighted by atomic mass is 19.1. The van der Waals surface area contributed by atoms with Gasteiger partial charge in [-0.05, 0) is 42.8 Å². The van der Waals surface area contributed by atoms with Gasteiger partial charge in [0.25, 0.3) is 5.78 Å². The summed E-state index contributed by atoms with van der Waals surface area (Å²) in [5.74, 6) is -1.41. The number of aliphatic hydroxyl groups is 1. The fraction of sp³-hybridized carbons (Fsp3) is 0.174. The Morgan fingerprint density at radius 3 is 2.34 bits per heavy atom. The maximum absolute atomic E-state index is 13.6. The van der Waals surface area contributed by atoms with Gasteiger partial charge in [-0.15, -0.1) is 0 Å². The zero-order valence-electron chi connectivity index (χ0n) is 17.5. The molecule has 0 saturated carbocycles. The first kappa shape index (κ1) is 21.1. The fourth-order valence-corrected chi connectivity index (χ4v) is 3.64. The van der Waals surface area contributed by atoms with Gasteiger partial charge in [-0.1, -0.05) is 17.3 Å². The second-order valence-corrected chi connectivity index (χ2v) is 7.09. The molecule has 1 aliphatic rings. The lowest BCUT2D eigenvalue weighted by Crippen LogP contribution is -2.29. The van der Waals surface area contributed by atoms with Gasteiger partial charge in [0.1, 0.15) is 17.3 Å². The monoisotopic (exact) mass is 438 g/mol. The van der Waals surface area contributed by atoms with Crippen LogP contribution < -0.4 is 14.4 Å². The Balaban J connectivity index is 1.93. The molecule has 2 heterocycles. The highest BCUT2D eigenvalue weighted by Crippen LogP contribution is 2.42. The van der Waals surface area contributed by atoms with Gasteiger partial charge in [-0.3, -0.25) is 14.5 Å². The van der Waals surface area contributed by atoms with Crippen LogP contribution in [0.4, 0.5) is 10.2 Å². The smallest absolute Gasteiger partial charge is 0.301 e. The average molecular weight is 438 g/mol. The SMILES string of the molecule is COc1ccc(/C(O)=C2\C(=O)C(=O)N(c3cc(C)on3)C2c2ccc(F)cc2)cc1OC. The number of halogens is 1. The number of Topliss-reactive ketones (excluding diaryl/α,β-unsaturated/α-hetero) is 1. The van der Waals surface area contributed by atoms with Gasteiger partial charge in [0.15, 0.2) is 17.3 Å². The number of anilines is 1. The van der Waals surface area contributed by atoms with E-state index in [0.717, 1.165) is 4.90 Å². The van der Waals surface area contributed by atoms with Crippen molar-refractivity contribution in [2.24, 2.45) is 0 Å². The molecule has 0 radical (unpaired) electrons. The molecule has 3 aromatic rings. The van der Waals surface area contributed by atoms with Crippen molar-refractivity contribution in [2.45, 2.75) is 13.0 Å². The Hall–Kier alpha value is -4.14. The van der Waals surface area contributed by atoms with E-state index in [1.807, 2.05) is 0 Å². The number of amides is 1. The molecule has 164 valence electrons. The van der Waals surface area contributed by atoms with Crippen molar-refractivity contribution >= 4 is 23.3 Å². The molecule has 1 N–H and O–H groups in total. The van der Waals surface area contributed by atoms with Crippen molar-refractivity contribution in [2.75, 3.05) is 19.1 Å². The van der Waals surface area contributed by atoms with Crippen molar-refractivity contribution in [3.63, 3.8) is 0 Å². The predicted octanol–water partition coefficient (Wildman–Crippen LogP) is 3.77. The molecule has 1 fully saturated rings. The van der Waals surface area contributed by atoms with E-state index in [1.165, 1.54) is 56.7 Å². The van der Waals surface area contributed by atoms with E-state index in [-0.39, 0.29) is 17.0 Å². The minimum atomic E-state index is -1.05. The van der Waals surface area contributed by atoms with Crippen LogP contribution in [0, 0.1) is 12.7 Å². The van der Waals surface area contributed by atoms with Gasteiger partial charge in [0.2, 0.25) is 0 Å². The third-order valence-electron chi connectivity index (χ3n) is 5.15. The molecule has 1 aliphatic heterocycles. The zero-order chi connectivity index (χ0) is 23.0. The molecule has 8 nitrogen and oxygen atoms in total. The van der Waals surface area contributed by atoms with Crippen LogP contribution in [0.5, 0.6) is 11.5 Å². The number of ether oxygens (including phenoxy) is 2. The van der Waals surface area contributed by atoms with E-state index in [2.05, 4.69) is 5.16 Å². The summed E-state index contributed by atoms with van der Waals surface area (Å²) in [7, 11) is 2.91. The van der Waals surface area contributed by atoms with Crippen molar-refractivity contribution in [3.8, 4) is 11.5 Å². The van der Waals surface area contributed by atoms with E-state index in [1.54, 1.807) is 13.0 Å². The van der Waals surface area contributed by atoms with Gasteiger partial charge in [0, 0.05) is 11.6 Å². The molecule has 4 rings (SSSR count). The Bertz CT molecular complexity index is 1230. The number of ketones is 1. The molecule has 1 amide bonds. The molecule has 0 spiro atoms. The van der Waals surface area contributed by atoms with E-state index >= 15 is 0 Å². The molecule has 9 heteroatoms. The molecular formula is C23H19FN2O6. The minimum absolute atomic E-state index is 0.102. The Labute approximate surface area is 182 Å². The largest absolute Gasteiger partial charge is 0.507 e. The molecule has 2 aromatic carbocycles. The van der Waals surface area contributed by atoms with Crippen LogP contribution >= 0.6 is 0 Å². The molecule has 1 atom stereocenters. The normalized spacial score (nSPS) is 17.6. The van der Waals surface area contributed by atoms with Crippen LogP contribution in [-0.2, 0) is 9.59 Å². The minimum Gasteiger partial charge on any atom is -0.507 e. The highest BCUT2D eigenvalue weighted by molar-refractivity contribution is 6.51. The molecule has 1 saturated heterocycles. The Morgan fingerprint density at radius 1 is 1.06 bits per heavy atom. The van der Waals surface area contributed by atoms with Gasteiger partial charge in [-0.2, -0.15) is 0 Å². The van der Waals surface area contributed by atoms with E-state index in [4.69, 9.17) is 14.0 Å². The standard InChI is InChI=1S/C23H19FN2O6/c1-12-10-18(25-32-12)26-20(13-4-7-15(24)8-5-13)19(22(28)23(26)29)21(27)14-6-9-16(30-2)17(11-14)31-3/h4-11,20,27H,1-3H3/b21-19+. The van der Waals surface area contributed by atoms with E-state index in [0.29, 0.717) is 22.8 Å². The van der Waals surface area contributed by atoms with Crippen LogP contribution in [0.1, 0.15) is 22.9 Å². The van der Waals surface area contributed by atoms with Gasteiger partial charge in [-0.25, -0.2) is 4.39 Å². The van der Waals surface area contributed by atoms with Crippen molar-refractivity contribution < 1.29 is 33.1 Å². The number of rotatable bonds is 5. The molecule has 1 unspecified atom stereocenters. The number of hydrogen-bond acceptors (Lipinski definition) is 7. The maximum atomic E-state index is 13.6. The molecule has 32 heavy (non-hydrogen) atoms. The van der Waals surface area contributed by atoms with Crippen LogP contribution in [0.3, 0.4) is 0 Å². The quantitative estimate of drug-likeness (QED) is 0.368. The summed E-state index contributed by atoms with van der Waals surface area (Å²) in [6.07, 6.45) is 0. The fourth-order valence-electron chi connectivity index (χ4n) is 3.64. The number of aryl methyl sites for hydroxylation is 1. The molecule has 0 aliphatic carbocycles. The summed E-state index contributed by atoms with van der Waals surface area (Å²) in [6, 6.07) is 10.3. The maximum Gasteiger partial charge on any atom is 0.301 e. The first-order valence-electron chi connectivity index (χ1n) is 9.58. The number of carbonyl (C=O) groups is 2. The summed E-state index contributed by atoms with van der Waals surface area (Å²) in [5.41, 5.74) is 0.479. The van der Waals surface area contributed by atoms with Crippen LogP contribution in [0.2, 0.25) is 0 Å². The highest BCUT2D eigenvalue weighted by Gasteiger charge is 2.48. The number of carbonyl (C=O) groups excluding carboxylic acids is 2. The average Bonchev–Trinajstić information content (AvgIpc) is 3.34. The topological polar surface area (TPSA) is 102 Å². The lowest BCUT2D eigenvalue weighted by Gasteiger charge is -2.22. The van der Waals surface area contributed by atoms with Crippen molar-refractivity contribution in [1.82, 2.24) is 5.16 Å². The van der Waals surface area contributed by atoms with Gasteiger partial charge in [0.05, 0.1) is 25.8 Å². The van der Waals surface area contributed by atoms with Crippen molar-refractivity contribution in [3.05, 3.63) is 76.8 Å². The number of benzene rings is 2. The van der Waals surface area contributed by atoms with E-state index in [9.17, 15) is 19.1 Å². The first-order chi connectivity index (χ1) is 15.3. The number of hydrogen-bond donors (Lipinski definition) is 1. The molecular weight excluding hydrogens is 419 g/mol. The Morgan fingerprint density at radius 2 is 1.75 bits per heavy atom. The van der Waals surface area contributed by atoms with Crippen LogP contribution in [0.15, 0.2) is 58.6 Å². The number of aromatic nitrogens is 1. The van der Waals surface area contributed by atoms with Crippen LogP contribution in [0.25, 0.3) is 5.76 Å². The van der Waals surface area contributed by atoms with E-state index < -0.39 is 29.3 Å². The molecule has 1 aromatic heterocycles. The van der Waals surface area contributed by atoms with Crippen molar-refractivity contribution in [1.29, 1.82) is 0 Å². The van der Waals surface area contributed by atoms with Gasteiger partial charge >= 0.3 is 5.91 Å². The third-order valence-corrected chi connectivity index (χ3v) is 5.15. The molecule has 0 bridgehead atoms. The third kappa shape index (κ3) is 3.47. The predicted molar refractivity (Wildman–Crippen MR) is 112 cm³/mol. The van der Waals surface area contributed by atoms with Crippen LogP contribution in [-0.4, -0.2) is 36.2 Å². The Kier molecular flexibility index (Phi) is 5.40. The zero-order valence-corrected chi connectivity index (χ0v) is 17.5. The lowest BCUT2D eigenvalue weighted by molar-refractivity contribution is -0.132. The van der Waals surface area contributed by atoms with Gasteiger partial charge < -0.3 is 19.1 Å². The summed E-state index contributed by atoms with van der Waals surface area (Å²) >= 11 is 0. The summed E-state index contributed by atoms with van der Waals surface area (Å²) in [6.45, 7) is 1.64. The summed E-state index contributed by atoms with van der Waals surface area (Å²) in [5, 5.41) is 15.0. The second-order valence-electron chi connectivity index (χ2n) is 7.09. The summed E-state index contributed by atoms with van der Waals surface area (Å²) in [4.78, 5) is 27.1. The summed E-state index contributed by atoms with van der Waals surface area (Å²) < 4.78 is 29.1. The number of aliphatic hydroxyl groups excluding tert-OH is 1. The first-order valence-corrected chi connectivity index (χ1v) is 9.58.